The van der Waals surface area contributed by atoms with Crippen molar-refractivity contribution in [3.8, 4) is 11.5 Å². The number of nitro groups is 1. The minimum absolute atomic E-state index is 0.115. The monoisotopic (exact) mass is 307 g/mol. The average Bonchev–Trinajstić information content (AvgIpc) is 2.49. The number of rotatable bonds is 5. The fraction of sp³-hybridized carbons (Fsp3) is 0.214. The lowest BCUT2D eigenvalue weighted by atomic mass is 10.2. The van der Waals surface area contributed by atoms with E-state index < -0.39 is 4.92 Å². The Hall–Kier alpha value is -2.18. The lowest BCUT2D eigenvalue weighted by molar-refractivity contribution is -0.385. The molecule has 110 valence electrons. The van der Waals surface area contributed by atoms with Gasteiger partial charge >= 0.3 is 5.69 Å². The minimum atomic E-state index is -0.536. The molecule has 2 rings (SSSR count). The van der Waals surface area contributed by atoms with E-state index in [1.54, 1.807) is 12.1 Å². The van der Waals surface area contributed by atoms with E-state index in [1.165, 1.54) is 24.4 Å². The first kappa shape index (κ1) is 15.2. The summed E-state index contributed by atoms with van der Waals surface area (Å²) in [6, 6.07) is 7.89. The predicted molar refractivity (Wildman–Crippen MR) is 79.9 cm³/mol. The molecule has 0 aliphatic carbocycles. The Morgan fingerprint density at radius 3 is 2.71 bits per heavy atom. The second-order valence-corrected chi connectivity index (χ2v) is 4.84. The average molecular weight is 308 g/mol. The highest BCUT2D eigenvalue weighted by Crippen LogP contribution is 2.33. The number of ether oxygens (including phenoxy) is 1. The molecule has 0 saturated heterocycles. The van der Waals surface area contributed by atoms with Gasteiger partial charge in [0.2, 0.25) is 5.75 Å². The van der Waals surface area contributed by atoms with Crippen LogP contribution in [0.1, 0.15) is 18.7 Å². The summed E-state index contributed by atoms with van der Waals surface area (Å²) in [6.45, 7) is 1.98. The number of hydrogen-bond donors (Lipinski definition) is 1. The van der Waals surface area contributed by atoms with Gasteiger partial charge in [0.15, 0.2) is 0 Å². The van der Waals surface area contributed by atoms with Crippen molar-refractivity contribution in [1.29, 1.82) is 0 Å². The van der Waals surface area contributed by atoms with E-state index in [0.29, 0.717) is 5.75 Å². The lowest BCUT2D eigenvalue weighted by Crippen LogP contribution is -2.13. The van der Waals surface area contributed by atoms with Crippen LogP contribution in [0, 0.1) is 10.1 Å². The largest absolute Gasteiger partial charge is 0.449 e. The molecule has 0 saturated carbocycles. The van der Waals surface area contributed by atoms with E-state index in [-0.39, 0.29) is 22.5 Å². The van der Waals surface area contributed by atoms with Crippen LogP contribution in [0.3, 0.4) is 0 Å². The highest BCUT2D eigenvalue weighted by molar-refractivity contribution is 6.30. The van der Waals surface area contributed by atoms with Crippen molar-refractivity contribution in [3.63, 3.8) is 0 Å². The molecule has 21 heavy (non-hydrogen) atoms. The molecule has 6 nitrogen and oxygen atoms in total. The molecule has 0 amide bonds. The van der Waals surface area contributed by atoms with Crippen molar-refractivity contribution >= 4 is 17.3 Å². The molecule has 7 heteroatoms. The van der Waals surface area contributed by atoms with Crippen molar-refractivity contribution in [2.75, 3.05) is 7.05 Å². The lowest BCUT2D eigenvalue weighted by Gasteiger charge is -2.10. The van der Waals surface area contributed by atoms with Crippen LogP contribution in [0.5, 0.6) is 11.5 Å². The van der Waals surface area contributed by atoms with Gasteiger partial charge in [-0.3, -0.25) is 15.1 Å². The summed E-state index contributed by atoms with van der Waals surface area (Å²) < 4.78 is 5.51. The molecule has 1 aromatic heterocycles. The Bertz CT molecular complexity index is 646. The highest BCUT2D eigenvalue weighted by Gasteiger charge is 2.16. The summed E-state index contributed by atoms with van der Waals surface area (Å²) in [5.74, 6) is 0.549. The molecule has 0 radical (unpaired) electrons. The smallest absolute Gasteiger partial charge is 0.313 e. The van der Waals surface area contributed by atoms with Crippen LogP contribution in [-0.2, 0) is 0 Å². The molecule has 1 heterocycles. The third-order valence-corrected chi connectivity index (χ3v) is 3.22. The number of aromatic nitrogens is 1. The summed E-state index contributed by atoms with van der Waals surface area (Å²) >= 11 is 5.76. The van der Waals surface area contributed by atoms with Crippen molar-refractivity contribution in [3.05, 3.63) is 57.4 Å². The zero-order valence-electron chi connectivity index (χ0n) is 11.5. The molecule has 0 aliphatic heterocycles. The molecule has 2 aromatic rings. The van der Waals surface area contributed by atoms with Gasteiger partial charge < -0.3 is 10.1 Å². The van der Waals surface area contributed by atoms with Gasteiger partial charge in [0, 0.05) is 17.1 Å². The van der Waals surface area contributed by atoms with Crippen LogP contribution >= 0.6 is 11.6 Å². The molecule has 1 atom stereocenters. The highest BCUT2D eigenvalue weighted by atomic mass is 35.5. The number of halogens is 1. The van der Waals surface area contributed by atoms with E-state index in [9.17, 15) is 10.1 Å². The van der Waals surface area contributed by atoms with E-state index in [1.807, 2.05) is 14.0 Å². The number of hydrogen-bond acceptors (Lipinski definition) is 5. The number of nitrogens with one attached hydrogen (secondary N) is 1. The molecule has 1 aromatic carbocycles. The first-order valence-electron chi connectivity index (χ1n) is 6.26. The maximum absolute atomic E-state index is 11.0. The topological polar surface area (TPSA) is 77.3 Å². The second kappa shape index (κ2) is 6.51. The summed E-state index contributed by atoms with van der Waals surface area (Å²) in [5.41, 5.74) is 0.672. The Morgan fingerprint density at radius 2 is 2.14 bits per heavy atom. The van der Waals surface area contributed by atoms with Gasteiger partial charge in [-0.25, -0.2) is 0 Å². The van der Waals surface area contributed by atoms with Crippen LogP contribution in [-0.4, -0.2) is 17.0 Å². The SMILES string of the molecule is CNC(C)c1ccc(Oc2ccc(Cl)cc2[N+](=O)[O-])cn1. The first-order valence-corrected chi connectivity index (χ1v) is 6.64. The Morgan fingerprint density at radius 1 is 1.38 bits per heavy atom. The standard InChI is InChI=1S/C14H14ClN3O3/c1-9(16-2)12-5-4-11(8-17-12)21-14-6-3-10(15)7-13(14)18(19)20/h3-9,16H,1-2H3. The van der Waals surface area contributed by atoms with Gasteiger partial charge in [0.1, 0.15) is 5.75 Å². The van der Waals surface area contributed by atoms with Crippen molar-refractivity contribution < 1.29 is 9.66 Å². The first-order chi connectivity index (χ1) is 10.0. The van der Waals surface area contributed by atoms with Crippen molar-refractivity contribution in [2.24, 2.45) is 0 Å². The van der Waals surface area contributed by atoms with Crippen LogP contribution in [0.25, 0.3) is 0 Å². The molecular formula is C14H14ClN3O3. The molecule has 1 unspecified atom stereocenters. The van der Waals surface area contributed by atoms with E-state index in [4.69, 9.17) is 16.3 Å². The molecular weight excluding hydrogens is 294 g/mol. The quantitative estimate of drug-likeness (QED) is 0.673. The summed E-state index contributed by atoms with van der Waals surface area (Å²) in [5, 5.41) is 14.3. The van der Waals surface area contributed by atoms with Gasteiger partial charge in [-0.05, 0) is 38.2 Å². The van der Waals surface area contributed by atoms with Gasteiger partial charge in [-0.2, -0.15) is 0 Å². The van der Waals surface area contributed by atoms with E-state index in [2.05, 4.69) is 10.3 Å². The minimum Gasteiger partial charge on any atom is -0.449 e. The van der Waals surface area contributed by atoms with Crippen LogP contribution in [0.2, 0.25) is 5.02 Å². The number of nitrogens with zero attached hydrogens (tertiary/aromatic N) is 2. The van der Waals surface area contributed by atoms with Gasteiger partial charge in [-0.15, -0.1) is 0 Å². The fourth-order valence-corrected chi connectivity index (χ4v) is 1.87. The van der Waals surface area contributed by atoms with Crippen LogP contribution < -0.4 is 10.1 Å². The zero-order valence-corrected chi connectivity index (χ0v) is 12.3. The third kappa shape index (κ3) is 3.68. The van der Waals surface area contributed by atoms with Gasteiger partial charge in [0.25, 0.3) is 0 Å². The molecule has 0 fully saturated rings. The second-order valence-electron chi connectivity index (χ2n) is 4.40. The Balaban J connectivity index is 2.24. The summed E-state index contributed by atoms with van der Waals surface area (Å²) in [7, 11) is 1.84. The third-order valence-electron chi connectivity index (χ3n) is 2.98. The fourth-order valence-electron chi connectivity index (χ4n) is 1.70. The van der Waals surface area contributed by atoms with E-state index in [0.717, 1.165) is 5.69 Å². The maximum Gasteiger partial charge on any atom is 0.313 e. The Kier molecular flexibility index (Phi) is 4.72. The van der Waals surface area contributed by atoms with Gasteiger partial charge in [0.05, 0.1) is 16.8 Å². The molecule has 0 aliphatic rings. The van der Waals surface area contributed by atoms with E-state index >= 15 is 0 Å². The molecule has 1 N–H and O–H groups in total. The number of nitro benzene ring substituents is 1. The number of benzene rings is 1. The number of pyridine rings is 1. The maximum atomic E-state index is 11.0. The van der Waals surface area contributed by atoms with Crippen LogP contribution in [0.15, 0.2) is 36.5 Å². The van der Waals surface area contributed by atoms with Crippen molar-refractivity contribution in [1.82, 2.24) is 10.3 Å². The molecule has 0 bridgehead atoms. The summed E-state index contributed by atoms with van der Waals surface area (Å²) in [6.07, 6.45) is 1.53. The normalized spacial score (nSPS) is 12.0. The van der Waals surface area contributed by atoms with Crippen molar-refractivity contribution in [2.45, 2.75) is 13.0 Å². The van der Waals surface area contributed by atoms with Crippen LogP contribution in [0.4, 0.5) is 5.69 Å². The zero-order chi connectivity index (χ0) is 15.4. The Labute approximate surface area is 126 Å². The molecule has 0 spiro atoms. The summed E-state index contributed by atoms with van der Waals surface area (Å²) in [4.78, 5) is 14.7. The van der Waals surface area contributed by atoms with Gasteiger partial charge in [-0.1, -0.05) is 11.6 Å². The predicted octanol–water partition coefficient (Wildman–Crippen LogP) is 3.72.